The van der Waals surface area contributed by atoms with E-state index in [9.17, 15) is 0 Å². The van der Waals surface area contributed by atoms with Crippen molar-refractivity contribution in [1.82, 2.24) is 0 Å². The Kier molecular flexibility index (Phi) is 45.4. The first-order chi connectivity index (χ1) is 2.27. The summed E-state index contributed by atoms with van der Waals surface area (Å²) in [6.07, 6.45) is 0. The van der Waals surface area contributed by atoms with Crippen LogP contribution in [0.1, 0.15) is 13.8 Å². The molecule has 0 radical (unpaired) electrons. The maximum Gasteiger partial charge on any atom is 2.00 e. The minimum absolute atomic E-state index is 0. The van der Waals surface area contributed by atoms with E-state index in [0.717, 1.165) is 4.05 Å². The van der Waals surface area contributed by atoms with E-state index < -0.39 is 0 Å². The van der Waals surface area contributed by atoms with Crippen LogP contribution in [0.5, 0.6) is 0 Å². The first-order valence-electron chi connectivity index (χ1n) is 1.83. The van der Waals surface area contributed by atoms with Crippen LogP contribution in [-0.4, -0.2) is 42.3 Å². The molecule has 0 spiro atoms. The summed E-state index contributed by atoms with van der Waals surface area (Å²) in [5.74, 6) is 0. The van der Waals surface area contributed by atoms with Crippen molar-refractivity contribution in [2.45, 2.75) is 17.9 Å². The minimum Gasteiger partial charge on any atom is -1.00 e. The molecule has 0 rings (SSSR count). The van der Waals surface area contributed by atoms with Crippen molar-refractivity contribution in [2.75, 3.05) is 0 Å². The van der Waals surface area contributed by atoms with E-state index in [2.05, 4.69) is 13.8 Å². The Labute approximate surface area is 93.0 Å². The van der Waals surface area contributed by atoms with Crippen molar-refractivity contribution in [2.24, 2.45) is 0 Å². The molecular weight excluding hydrogens is 191 g/mol. The fraction of sp³-hybridized carbons (Fsp3) is 1.00. The molecule has 0 unspecified atom stereocenters. The second-order valence-corrected chi connectivity index (χ2v) is 4.42. The van der Waals surface area contributed by atoms with E-state index in [1.54, 1.807) is 0 Å². The quantitative estimate of drug-likeness (QED) is 0.371. The number of hydrogen-bond acceptors (Lipinski definition) is 0. The third-order valence-corrected chi connectivity index (χ3v) is 2.78. The van der Waals surface area contributed by atoms with Gasteiger partial charge < -0.3 is 33.9 Å². The number of hydrogen-bond donors (Lipinski definition) is 0. The van der Waals surface area contributed by atoms with Crippen LogP contribution in [0.4, 0.5) is 0 Å². The summed E-state index contributed by atoms with van der Waals surface area (Å²) >= 11 is -0.179. The van der Waals surface area contributed by atoms with E-state index in [1.807, 2.05) is 0 Å². The Morgan fingerprint density at radius 3 is 1.38 bits per heavy atom. The zero-order valence-electron chi connectivity index (χ0n) is 5.13. The molecule has 0 aliphatic heterocycles. The molecule has 5 heteroatoms. The van der Waals surface area contributed by atoms with E-state index in [4.69, 9.17) is 9.07 Å². The fourth-order valence-electron chi connectivity index (χ4n) is 0. The van der Waals surface area contributed by atoms with Gasteiger partial charge in [-0.25, -0.2) is 0 Å². The van der Waals surface area contributed by atoms with Gasteiger partial charge in [-0.05, 0) is 0 Å². The van der Waals surface area contributed by atoms with Crippen LogP contribution in [-0.2, 0) is 0 Å². The second-order valence-electron chi connectivity index (χ2n) is 1.55. The van der Waals surface area contributed by atoms with Crippen molar-refractivity contribution in [3.8, 4) is 0 Å². The molecule has 0 saturated heterocycles. The molecule has 44 valence electrons. The largest absolute Gasteiger partial charge is 2.00 e. The van der Waals surface area contributed by atoms with Crippen LogP contribution in [0.15, 0.2) is 0 Å². The molecule has 0 heterocycles. The van der Waals surface area contributed by atoms with Crippen LogP contribution in [0.25, 0.3) is 0 Å². The van der Waals surface area contributed by atoms with Crippen LogP contribution in [0.2, 0.25) is 4.05 Å². The van der Waals surface area contributed by atoms with Crippen molar-refractivity contribution < 1.29 is 24.8 Å². The number of halogens is 3. The maximum absolute atomic E-state index is 5.48. The summed E-state index contributed by atoms with van der Waals surface area (Å²) in [6, 6.07) is 0. The summed E-state index contributed by atoms with van der Waals surface area (Å²) in [4.78, 5) is 0. The van der Waals surface area contributed by atoms with Gasteiger partial charge in [0.25, 0.3) is 0 Å². The van der Waals surface area contributed by atoms with Crippen molar-refractivity contribution >= 4 is 51.4 Å². The van der Waals surface area contributed by atoms with E-state index in [0.29, 0.717) is 0 Å². The summed E-state index contributed by atoms with van der Waals surface area (Å²) in [6.45, 7) is 4.30. The van der Waals surface area contributed by atoms with E-state index >= 15 is 0 Å². The van der Waals surface area contributed by atoms with Gasteiger partial charge in [0.05, 0.1) is 0 Å². The smallest absolute Gasteiger partial charge is 1.00 e. The average molecular weight is 198 g/mol. The molecule has 0 amide bonds. The summed E-state index contributed by atoms with van der Waals surface area (Å²) < 4.78 is 0.789. The van der Waals surface area contributed by atoms with Crippen LogP contribution in [0, 0.1) is 0 Å². The molecule has 0 aromatic heterocycles. The Morgan fingerprint density at radius 2 is 1.38 bits per heavy atom. The van der Waals surface area contributed by atoms with Gasteiger partial charge in [-0.1, -0.05) is 13.8 Å². The molecule has 0 aliphatic rings. The van der Waals surface area contributed by atoms with Gasteiger partial charge in [-0.15, -0.1) is 4.05 Å². The minimum atomic E-state index is -0.179. The zero-order valence-corrected chi connectivity index (χ0v) is 10.2. The molecule has 8 heavy (non-hydrogen) atoms. The van der Waals surface area contributed by atoms with Gasteiger partial charge in [0.2, 0.25) is 0 Å². The fourth-order valence-corrected chi connectivity index (χ4v) is 0. The summed E-state index contributed by atoms with van der Waals surface area (Å²) in [7, 11) is 5.48. The first kappa shape index (κ1) is 22.4. The molecule has 0 atom stereocenters. The Bertz CT molecular complexity index is 26.5. The van der Waals surface area contributed by atoms with Gasteiger partial charge in [-0.3, -0.25) is 0 Å². The molecule has 0 bridgehead atoms. The SMILES string of the molecule is C[CH](C)[Mg][Cl].[Cl-].[Cl-].[Mg+2]. The van der Waals surface area contributed by atoms with Crippen LogP contribution < -0.4 is 24.8 Å². The zero-order chi connectivity index (χ0) is 4.28. The van der Waals surface area contributed by atoms with Crippen LogP contribution in [0.3, 0.4) is 0 Å². The first-order valence-corrected chi connectivity index (χ1v) is 4.78. The molecule has 0 aromatic rings. The maximum atomic E-state index is 5.48. The third-order valence-electron chi connectivity index (χ3n) is 0.309. The van der Waals surface area contributed by atoms with Gasteiger partial charge >= 0.3 is 42.3 Å². The van der Waals surface area contributed by atoms with Crippen molar-refractivity contribution in [3.63, 3.8) is 0 Å². The van der Waals surface area contributed by atoms with E-state index in [1.165, 1.54) is 0 Å². The Hall–Kier alpha value is 2.40. The average Bonchev–Trinajstić information content (AvgIpc) is 1.38. The summed E-state index contributed by atoms with van der Waals surface area (Å²) in [5, 5.41) is 0. The predicted octanol–water partition coefficient (Wildman–Crippen LogP) is -4.70. The molecule has 0 saturated carbocycles. The normalized spacial score (nSPS) is 5.00. The third kappa shape index (κ3) is 23.8. The molecular formula is C3H7Cl3Mg2. The molecule has 0 N–H and O–H groups in total. The second kappa shape index (κ2) is 16.2. The van der Waals surface area contributed by atoms with E-state index in [-0.39, 0.29) is 67.1 Å². The Balaban J connectivity index is -0.0000000267. The number of rotatable bonds is 1. The molecule has 0 aromatic carbocycles. The monoisotopic (exact) mass is 196 g/mol. The molecule has 0 nitrogen and oxygen atoms in total. The van der Waals surface area contributed by atoms with Crippen molar-refractivity contribution in [1.29, 1.82) is 0 Å². The molecule has 0 aliphatic carbocycles. The Morgan fingerprint density at radius 1 is 1.25 bits per heavy atom. The summed E-state index contributed by atoms with van der Waals surface area (Å²) in [5.41, 5.74) is 0. The topological polar surface area (TPSA) is 0 Å². The van der Waals surface area contributed by atoms with Crippen LogP contribution >= 0.6 is 9.07 Å². The predicted molar refractivity (Wildman–Crippen MR) is 32.5 cm³/mol. The van der Waals surface area contributed by atoms with Gasteiger partial charge in [0, 0.05) is 0 Å². The van der Waals surface area contributed by atoms with Gasteiger partial charge in [-0.2, -0.15) is 0 Å². The molecule has 0 fully saturated rings. The van der Waals surface area contributed by atoms with Crippen molar-refractivity contribution in [3.05, 3.63) is 0 Å². The van der Waals surface area contributed by atoms with Gasteiger partial charge in [0.1, 0.15) is 0 Å². The van der Waals surface area contributed by atoms with Gasteiger partial charge in [0.15, 0.2) is 0 Å². The standard InChI is InChI=1S/C3H7.3ClH.2Mg/c1-3-2;;;;;/h3H,1-2H3;3*1H;;/q;;;;+1;+2/p-3.